The van der Waals surface area contributed by atoms with Gasteiger partial charge < -0.3 is 4.43 Å². The minimum Gasteiger partial charge on any atom is -0.543 e. The van der Waals surface area contributed by atoms with E-state index in [4.69, 9.17) is 4.43 Å². The van der Waals surface area contributed by atoms with Gasteiger partial charge in [0.2, 0.25) is 8.32 Å². The van der Waals surface area contributed by atoms with Crippen LogP contribution in [0, 0.1) is 0 Å². The molecule has 0 radical (unpaired) electrons. The topological polar surface area (TPSA) is 22.1 Å². The lowest BCUT2D eigenvalue weighted by Gasteiger charge is -2.38. The summed E-state index contributed by atoms with van der Waals surface area (Å²) in [5.41, 5.74) is 2.36. The Morgan fingerprint density at radius 3 is 2.67 bits per heavy atom. The zero-order valence-corrected chi connectivity index (χ0v) is 13.1. The van der Waals surface area contributed by atoms with E-state index < -0.39 is 8.32 Å². The van der Waals surface area contributed by atoms with Crippen LogP contribution in [-0.4, -0.2) is 13.3 Å². The molecule has 0 amide bonds. The highest BCUT2D eigenvalue weighted by molar-refractivity contribution is 6.74. The SMILES string of the molecule is CC(C)(C)[Si](C)(C)OC1=CCCc2ncccc21. The highest BCUT2D eigenvalue weighted by Crippen LogP contribution is 2.40. The van der Waals surface area contributed by atoms with Gasteiger partial charge in [0.25, 0.3) is 0 Å². The molecule has 3 heteroatoms. The van der Waals surface area contributed by atoms with Gasteiger partial charge in [0.05, 0.1) is 5.69 Å². The molecule has 1 aliphatic rings. The summed E-state index contributed by atoms with van der Waals surface area (Å²) in [6, 6.07) is 4.12. The highest BCUT2D eigenvalue weighted by atomic mass is 28.4. The first-order valence-electron chi connectivity index (χ1n) is 6.65. The van der Waals surface area contributed by atoms with Gasteiger partial charge in [-0.05, 0) is 49.2 Å². The quantitative estimate of drug-likeness (QED) is 0.737. The molecular formula is C15H23NOSi. The van der Waals surface area contributed by atoms with Crippen LogP contribution in [0.25, 0.3) is 5.76 Å². The average Bonchev–Trinajstić information content (AvgIpc) is 2.27. The molecule has 0 saturated carbocycles. The summed E-state index contributed by atoms with van der Waals surface area (Å²) in [5, 5.41) is 0.230. The standard InChI is InChI=1S/C15H23NOSi/c1-15(2,3)18(4,5)17-14-10-6-9-13-12(14)8-7-11-16-13/h7-8,10-11H,6,9H2,1-5H3. The van der Waals surface area contributed by atoms with Crippen molar-refractivity contribution >= 4 is 14.1 Å². The lowest BCUT2D eigenvalue weighted by molar-refractivity contribution is 0.453. The van der Waals surface area contributed by atoms with Crippen LogP contribution in [0.1, 0.15) is 38.4 Å². The van der Waals surface area contributed by atoms with Crippen LogP contribution in [0.15, 0.2) is 24.4 Å². The highest BCUT2D eigenvalue weighted by Gasteiger charge is 2.40. The van der Waals surface area contributed by atoms with Crippen molar-refractivity contribution in [2.45, 2.75) is 51.7 Å². The van der Waals surface area contributed by atoms with Crippen LogP contribution in [-0.2, 0) is 10.8 Å². The van der Waals surface area contributed by atoms with E-state index in [1.165, 1.54) is 11.3 Å². The molecule has 0 unspecified atom stereocenters. The van der Waals surface area contributed by atoms with E-state index in [1.54, 1.807) is 0 Å². The van der Waals surface area contributed by atoms with Crippen molar-refractivity contribution in [3.8, 4) is 0 Å². The number of hydrogen-bond acceptors (Lipinski definition) is 2. The Kier molecular flexibility index (Phi) is 3.36. The van der Waals surface area contributed by atoms with Crippen molar-refractivity contribution in [2.24, 2.45) is 0 Å². The van der Waals surface area contributed by atoms with E-state index in [-0.39, 0.29) is 5.04 Å². The van der Waals surface area contributed by atoms with Crippen molar-refractivity contribution in [1.29, 1.82) is 0 Å². The molecule has 98 valence electrons. The van der Waals surface area contributed by atoms with E-state index >= 15 is 0 Å². The Hall–Kier alpha value is -1.09. The minimum atomic E-state index is -1.76. The van der Waals surface area contributed by atoms with Crippen LogP contribution in [0.3, 0.4) is 0 Å². The van der Waals surface area contributed by atoms with Crippen LogP contribution in [0.2, 0.25) is 18.1 Å². The molecule has 0 saturated heterocycles. The monoisotopic (exact) mass is 261 g/mol. The van der Waals surface area contributed by atoms with E-state index in [2.05, 4.69) is 51.0 Å². The molecule has 1 aromatic rings. The van der Waals surface area contributed by atoms with Gasteiger partial charge in [0, 0.05) is 11.8 Å². The lowest BCUT2D eigenvalue weighted by Crippen LogP contribution is -2.40. The Balaban J connectivity index is 2.29. The van der Waals surface area contributed by atoms with E-state index in [0.29, 0.717) is 0 Å². The number of nitrogens with zero attached hydrogens (tertiary/aromatic N) is 1. The summed E-state index contributed by atoms with van der Waals surface area (Å²) in [7, 11) is -1.76. The van der Waals surface area contributed by atoms with E-state index in [1.807, 2.05) is 12.3 Å². The van der Waals surface area contributed by atoms with Crippen molar-refractivity contribution < 1.29 is 4.43 Å². The Morgan fingerprint density at radius 1 is 1.28 bits per heavy atom. The summed E-state index contributed by atoms with van der Waals surface area (Å²) in [5.74, 6) is 1.05. The Morgan fingerprint density at radius 2 is 2.00 bits per heavy atom. The predicted molar refractivity (Wildman–Crippen MR) is 78.8 cm³/mol. The molecule has 0 N–H and O–H groups in total. The second-order valence-electron chi connectivity index (χ2n) is 6.47. The van der Waals surface area contributed by atoms with Gasteiger partial charge in [-0.3, -0.25) is 4.98 Å². The molecule has 1 heterocycles. The second-order valence-corrected chi connectivity index (χ2v) is 11.2. The van der Waals surface area contributed by atoms with Gasteiger partial charge in [-0.15, -0.1) is 0 Å². The number of hydrogen-bond donors (Lipinski definition) is 0. The minimum absolute atomic E-state index is 0.230. The van der Waals surface area contributed by atoms with E-state index in [9.17, 15) is 0 Å². The fourth-order valence-corrected chi connectivity index (χ4v) is 2.89. The second kappa shape index (κ2) is 4.54. The molecule has 0 bridgehead atoms. The largest absolute Gasteiger partial charge is 0.543 e. The number of aryl methyl sites for hydroxylation is 1. The summed E-state index contributed by atoms with van der Waals surface area (Å²) >= 11 is 0. The molecule has 0 aromatic carbocycles. The zero-order chi connectivity index (χ0) is 13.4. The maximum Gasteiger partial charge on any atom is 0.250 e. The first kappa shape index (κ1) is 13.3. The molecule has 2 rings (SSSR count). The van der Waals surface area contributed by atoms with Gasteiger partial charge in [-0.2, -0.15) is 0 Å². The van der Waals surface area contributed by atoms with Gasteiger partial charge in [0.1, 0.15) is 5.76 Å². The van der Waals surface area contributed by atoms with Crippen molar-refractivity contribution in [1.82, 2.24) is 4.98 Å². The molecule has 1 aliphatic carbocycles. The van der Waals surface area contributed by atoms with Gasteiger partial charge in [0.15, 0.2) is 0 Å². The molecule has 18 heavy (non-hydrogen) atoms. The number of fused-ring (bicyclic) bond motifs is 1. The summed E-state index contributed by atoms with van der Waals surface area (Å²) in [6.07, 6.45) is 6.16. The molecule has 0 aliphatic heterocycles. The third kappa shape index (κ3) is 2.51. The fraction of sp³-hybridized carbons (Fsp3) is 0.533. The van der Waals surface area contributed by atoms with Crippen molar-refractivity contribution in [3.63, 3.8) is 0 Å². The molecule has 0 spiro atoms. The number of aromatic nitrogens is 1. The smallest absolute Gasteiger partial charge is 0.250 e. The van der Waals surface area contributed by atoms with Crippen molar-refractivity contribution in [3.05, 3.63) is 35.7 Å². The van der Waals surface area contributed by atoms with Crippen molar-refractivity contribution in [2.75, 3.05) is 0 Å². The zero-order valence-electron chi connectivity index (χ0n) is 12.1. The van der Waals surface area contributed by atoms with Crippen LogP contribution < -0.4 is 0 Å². The Bertz CT molecular complexity index is 472. The summed E-state index contributed by atoms with van der Waals surface area (Å²) < 4.78 is 6.43. The summed E-state index contributed by atoms with van der Waals surface area (Å²) in [4.78, 5) is 4.46. The van der Waals surface area contributed by atoms with Crippen LogP contribution in [0.4, 0.5) is 0 Å². The maximum absolute atomic E-state index is 6.43. The number of pyridine rings is 1. The predicted octanol–water partition coefficient (Wildman–Crippen LogP) is 4.39. The summed E-state index contributed by atoms with van der Waals surface area (Å²) in [6.45, 7) is 11.4. The van der Waals surface area contributed by atoms with Crippen LogP contribution in [0.5, 0.6) is 0 Å². The maximum atomic E-state index is 6.43. The van der Waals surface area contributed by atoms with Crippen LogP contribution >= 0.6 is 0 Å². The fourth-order valence-electron chi connectivity index (χ4n) is 1.84. The number of rotatable bonds is 2. The molecule has 0 fully saturated rings. The van der Waals surface area contributed by atoms with Gasteiger partial charge in [-0.25, -0.2) is 0 Å². The first-order valence-corrected chi connectivity index (χ1v) is 9.55. The normalized spacial score (nSPS) is 15.9. The van der Waals surface area contributed by atoms with Gasteiger partial charge in [-0.1, -0.05) is 20.8 Å². The molecule has 0 atom stereocenters. The van der Waals surface area contributed by atoms with Gasteiger partial charge >= 0.3 is 0 Å². The Labute approximate surface area is 111 Å². The average molecular weight is 261 g/mol. The molecular weight excluding hydrogens is 238 g/mol. The van der Waals surface area contributed by atoms with E-state index in [0.717, 1.165) is 18.6 Å². The first-order chi connectivity index (χ1) is 8.31. The molecule has 2 nitrogen and oxygen atoms in total. The third-order valence-electron chi connectivity index (χ3n) is 4.04. The lowest BCUT2D eigenvalue weighted by atomic mass is 10.0. The third-order valence-corrected chi connectivity index (χ3v) is 8.38. The molecule has 1 aromatic heterocycles. The number of allylic oxidation sites excluding steroid dienone is 1.